The highest BCUT2D eigenvalue weighted by Gasteiger charge is 2.36. The van der Waals surface area contributed by atoms with Crippen molar-refractivity contribution in [1.82, 2.24) is 14.6 Å². The van der Waals surface area contributed by atoms with E-state index in [0.717, 1.165) is 29.2 Å². The molecule has 172 valence electrons. The van der Waals surface area contributed by atoms with Crippen molar-refractivity contribution in [3.05, 3.63) is 66.2 Å². The summed E-state index contributed by atoms with van der Waals surface area (Å²) in [5.74, 6) is -0.902. The van der Waals surface area contributed by atoms with E-state index in [1.165, 1.54) is 37.6 Å². The van der Waals surface area contributed by atoms with E-state index in [0.29, 0.717) is 4.52 Å². The summed E-state index contributed by atoms with van der Waals surface area (Å²) in [5.41, 5.74) is -5.44. The number of alkyl halides is 6. The van der Waals surface area contributed by atoms with Gasteiger partial charge in [-0.05, 0) is 42.5 Å². The Hall–Kier alpha value is -3.67. The van der Waals surface area contributed by atoms with E-state index in [2.05, 4.69) is 14.8 Å². The van der Waals surface area contributed by atoms with Gasteiger partial charge in [0.05, 0.1) is 6.26 Å². The second kappa shape index (κ2) is 8.03. The van der Waals surface area contributed by atoms with Crippen molar-refractivity contribution >= 4 is 28.8 Å². The summed E-state index contributed by atoms with van der Waals surface area (Å²) in [5, 5.41) is 3.79. The highest BCUT2D eigenvalue weighted by Crippen LogP contribution is 2.33. The van der Waals surface area contributed by atoms with Gasteiger partial charge >= 0.3 is 11.7 Å². The normalized spacial score (nSPS) is 12.2. The Bertz CT molecular complexity index is 1300. The van der Waals surface area contributed by atoms with Gasteiger partial charge in [-0.25, -0.2) is 9.50 Å². The fourth-order valence-electron chi connectivity index (χ4n) is 2.99. The molecule has 0 saturated heterocycles. The summed E-state index contributed by atoms with van der Waals surface area (Å²) in [6, 6.07) is 9.70. The van der Waals surface area contributed by atoms with Crippen molar-refractivity contribution in [2.45, 2.75) is 11.7 Å². The van der Waals surface area contributed by atoms with E-state index < -0.39 is 23.3 Å². The summed E-state index contributed by atoms with van der Waals surface area (Å²) in [6.45, 7) is 0. The molecule has 0 N–H and O–H groups in total. The number of ether oxygens (including phenoxy) is 1. The van der Waals surface area contributed by atoms with Crippen LogP contribution in [0.4, 0.5) is 27.6 Å². The number of furan rings is 1. The SMILES string of the molecule is CN(C(=O)c1cc2nc(-c3ccco3)cc(C(F)(F)F)n2n1)c1ccc(OC(F)(F)Cl)cc1. The van der Waals surface area contributed by atoms with Gasteiger partial charge in [0, 0.05) is 30.4 Å². The van der Waals surface area contributed by atoms with Crippen molar-refractivity contribution < 1.29 is 35.9 Å². The Morgan fingerprint density at radius 3 is 2.39 bits per heavy atom. The monoisotopic (exact) mass is 486 g/mol. The maximum absolute atomic E-state index is 13.6. The number of nitrogens with zero attached hydrogens (tertiary/aromatic N) is 4. The van der Waals surface area contributed by atoms with Crippen LogP contribution in [0.1, 0.15) is 16.2 Å². The summed E-state index contributed by atoms with van der Waals surface area (Å²) >= 11 is 4.71. The van der Waals surface area contributed by atoms with Crippen molar-refractivity contribution in [1.29, 1.82) is 0 Å². The molecule has 7 nitrogen and oxygen atoms in total. The van der Waals surface area contributed by atoms with Gasteiger partial charge in [0.25, 0.3) is 5.91 Å². The van der Waals surface area contributed by atoms with Crippen LogP contribution in [0.25, 0.3) is 17.1 Å². The molecule has 0 aliphatic carbocycles. The first-order valence-corrected chi connectivity index (χ1v) is 9.46. The van der Waals surface area contributed by atoms with Crippen LogP contribution in [0, 0.1) is 0 Å². The molecule has 13 heteroatoms. The average molecular weight is 487 g/mol. The lowest BCUT2D eigenvalue weighted by molar-refractivity contribution is -0.142. The van der Waals surface area contributed by atoms with Crippen molar-refractivity contribution in [3.63, 3.8) is 0 Å². The zero-order valence-corrected chi connectivity index (χ0v) is 17.2. The molecule has 0 aliphatic heterocycles. The van der Waals surface area contributed by atoms with E-state index in [9.17, 15) is 26.7 Å². The van der Waals surface area contributed by atoms with Gasteiger partial charge < -0.3 is 14.1 Å². The summed E-state index contributed by atoms with van der Waals surface area (Å²) in [4.78, 5) is 18.0. The fourth-order valence-corrected chi connectivity index (χ4v) is 3.08. The smallest absolute Gasteiger partial charge is 0.463 e. The predicted octanol–water partition coefficient (Wildman–Crippen LogP) is 5.45. The fraction of sp³-hybridized carbons (Fsp3) is 0.150. The summed E-state index contributed by atoms with van der Waals surface area (Å²) in [7, 11) is 1.34. The van der Waals surface area contributed by atoms with Crippen molar-refractivity contribution in [2.24, 2.45) is 0 Å². The molecule has 0 aliphatic rings. The third kappa shape index (κ3) is 4.75. The lowest BCUT2D eigenvalue weighted by Gasteiger charge is -2.17. The molecule has 0 radical (unpaired) electrons. The number of carbonyl (C=O) groups is 1. The molecule has 4 aromatic rings. The minimum atomic E-state index is -4.79. The van der Waals surface area contributed by atoms with Crippen LogP contribution in [0.5, 0.6) is 5.75 Å². The number of fused-ring (bicyclic) bond motifs is 1. The number of hydrogen-bond acceptors (Lipinski definition) is 5. The largest absolute Gasteiger partial charge is 0.487 e. The maximum atomic E-state index is 13.6. The first-order valence-electron chi connectivity index (χ1n) is 9.08. The summed E-state index contributed by atoms with van der Waals surface area (Å²) < 4.78 is 76.2. The second-order valence-electron chi connectivity index (χ2n) is 6.71. The number of aromatic nitrogens is 3. The molecule has 3 heterocycles. The van der Waals surface area contributed by atoms with Gasteiger partial charge in [-0.15, -0.1) is 8.78 Å². The van der Waals surface area contributed by atoms with Crippen LogP contribution in [0.15, 0.2) is 59.2 Å². The van der Waals surface area contributed by atoms with Gasteiger partial charge in [-0.2, -0.15) is 18.3 Å². The molecule has 3 aromatic heterocycles. The van der Waals surface area contributed by atoms with Gasteiger partial charge in [0.1, 0.15) is 11.4 Å². The number of anilines is 1. The standard InChI is InChI=1S/C20H12ClF5N4O3/c1-29(11-4-6-12(7-5-11)33-20(21,25)26)18(31)14-10-17-27-13(15-3-2-8-32-15)9-16(19(22,23)24)30(17)28-14/h2-10H,1H3. The zero-order valence-electron chi connectivity index (χ0n) is 16.5. The number of hydrogen-bond donors (Lipinski definition) is 0. The minimum Gasteiger partial charge on any atom is -0.463 e. The lowest BCUT2D eigenvalue weighted by Crippen LogP contribution is -2.26. The van der Waals surface area contributed by atoms with E-state index in [-0.39, 0.29) is 34.2 Å². The van der Waals surface area contributed by atoms with Gasteiger partial charge in [-0.3, -0.25) is 4.79 Å². The Morgan fingerprint density at radius 1 is 1.12 bits per heavy atom. The minimum absolute atomic E-state index is 0.0845. The quantitative estimate of drug-likeness (QED) is 0.277. The molecular formula is C20H12ClF5N4O3. The van der Waals surface area contributed by atoms with Gasteiger partial charge in [0.2, 0.25) is 0 Å². The van der Waals surface area contributed by atoms with Crippen LogP contribution >= 0.6 is 11.6 Å². The molecule has 0 unspecified atom stereocenters. The van der Waals surface area contributed by atoms with E-state index in [4.69, 9.17) is 16.0 Å². The van der Waals surface area contributed by atoms with Crippen molar-refractivity contribution in [2.75, 3.05) is 11.9 Å². The van der Waals surface area contributed by atoms with Gasteiger partial charge in [0.15, 0.2) is 22.8 Å². The maximum Gasteiger partial charge on any atom is 0.487 e. The number of rotatable bonds is 5. The van der Waals surface area contributed by atoms with E-state index >= 15 is 0 Å². The van der Waals surface area contributed by atoms with Gasteiger partial charge in [-0.1, -0.05) is 0 Å². The average Bonchev–Trinajstić information content (AvgIpc) is 3.40. The van der Waals surface area contributed by atoms with Crippen LogP contribution in [-0.4, -0.2) is 33.1 Å². The van der Waals surface area contributed by atoms with Crippen LogP contribution < -0.4 is 9.64 Å². The van der Waals surface area contributed by atoms with E-state index in [1.807, 2.05) is 0 Å². The Labute approximate surface area is 186 Å². The Balaban J connectivity index is 1.68. The predicted molar refractivity (Wildman–Crippen MR) is 106 cm³/mol. The second-order valence-corrected chi connectivity index (χ2v) is 7.15. The number of halogens is 6. The lowest BCUT2D eigenvalue weighted by atomic mass is 10.2. The number of benzene rings is 1. The highest BCUT2D eigenvalue weighted by atomic mass is 35.5. The molecule has 0 spiro atoms. The van der Waals surface area contributed by atoms with E-state index in [1.54, 1.807) is 0 Å². The molecule has 0 atom stereocenters. The zero-order chi connectivity index (χ0) is 24.0. The molecule has 0 fully saturated rings. The molecule has 1 aromatic carbocycles. The van der Waals surface area contributed by atoms with Crippen LogP contribution in [0.2, 0.25) is 0 Å². The molecule has 33 heavy (non-hydrogen) atoms. The molecule has 4 rings (SSSR count). The van der Waals surface area contributed by atoms with Crippen molar-refractivity contribution in [3.8, 4) is 17.2 Å². The number of amides is 1. The first kappa shape index (κ1) is 22.5. The Morgan fingerprint density at radius 2 is 1.82 bits per heavy atom. The summed E-state index contributed by atoms with van der Waals surface area (Å²) in [6.07, 6.45) is -3.50. The first-order chi connectivity index (χ1) is 15.4. The Kier molecular flexibility index (Phi) is 5.48. The highest BCUT2D eigenvalue weighted by molar-refractivity contribution is 6.20. The van der Waals surface area contributed by atoms with Crippen LogP contribution in [0.3, 0.4) is 0 Å². The third-order valence-corrected chi connectivity index (χ3v) is 4.55. The third-order valence-electron chi connectivity index (χ3n) is 4.47. The number of carbonyl (C=O) groups excluding carboxylic acids is 1. The van der Waals surface area contributed by atoms with Crippen LogP contribution in [-0.2, 0) is 6.18 Å². The molecule has 0 bridgehead atoms. The topological polar surface area (TPSA) is 72.9 Å². The molecular weight excluding hydrogens is 475 g/mol. The molecule has 0 saturated carbocycles. The molecule has 1 amide bonds.